The van der Waals surface area contributed by atoms with Gasteiger partial charge in [0, 0.05) is 29.2 Å². The van der Waals surface area contributed by atoms with Gasteiger partial charge in [-0.2, -0.15) is 5.26 Å². The van der Waals surface area contributed by atoms with E-state index < -0.39 is 5.91 Å². The van der Waals surface area contributed by atoms with E-state index in [1.165, 1.54) is 6.08 Å². The monoisotopic (exact) mass is 369 g/mol. The van der Waals surface area contributed by atoms with Crippen molar-refractivity contribution in [1.82, 2.24) is 4.98 Å². The number of carbonyl (C=O) groups excluding carboxylic acids is 1. The van der Waals surface area contributed by atoms with E-state index in [0.29, 0.717) is 23.6 Å². The van der Waals surface area contributed by atoms with Crippen LogP contribution in [0.25, 0.3) is 6.08 Å². The molecule has 2 aromatic carbocycles. The van der Waals surface area contributed by atoms with Gasteiger partial charge >= 0.3 is 0 Å². The molecule has 0 aliphatic rings. The number of nitrogens with zero attached hydrogens (tertiary/aromatic N) is 2. The minimum Gasteiger partial charge on any atom is -0.488 e. The van der Waals surface area contributed by atoms with Gasteiger partial charge in [-0.15, -0.1) is 0 Å². The van der Waals surface area contributed by atoms with E-state index in [4.69, 9.17) is 4.74 Å². The lowest BCUT2D eigenvalue weighted by atomic mass is 10.1. The molecule has 1 N–H and O–H groups in total. The number of rotatable bonds is 6. The molecule has 0 spiro atoms. The first kappa shape index (κ1) is 18.9. The molecule has 138 valence electrons. The number of amides is 1. The van der Waals surface area contributed by atoms with Crippen LogP contribution < -0.4 is 10.1 Å². The van der Waals surface area contributed by atoms with E-state index >= 15 is 0 Å². The molecule has 5 heteroatoms. The zero-order chi connectivity index (χ0) is 19.8. The van der Waals surface area contributed by atoms with E-state index in [2.05, 4.69) is 10.3 Å². The maximum absolute atomic E-state index is 12.5. The van der Waals surface area contributed by atoms with Gasteiger partial charge < -0.3 is 10.1 Å². The third-order valence-corrected chi connectivity index (χ3v) is 4.09. The fourth-order valence-corrected chi connectivity index (χ4v) is 2.58. The van der Waals surface area contributed by atoms with Gasteiger partial charge in [-0.1, -0.05) is 42.5 Å². The number of aromatic nitrogens is 1. The lowest BCUT2D eigenvalue weighted by molar-refractivity contribution is -0.112. The number of hydrogen-bond donors (Lipinski definition) is 1. The average molecular weight is 369 g/mol. The average Bonchev–Trinajstić information content (AvgIpc) is 2.73. The Kier molecular flexibility index (Phi) is 6.17. The molecule has 0 radical (unpaired) electrons. The minimum absolute atomic E-state index is 0.000630. The number of hydrogen-bond acceptors (Lipinski definition) is 4. The summed E-state index contributed by atoms with van der Waals surface area (Å²) in [5.74, 6) is 0.127. The number of aryl methyl sites for hydroxylation is 1. The second-order valence-electron chi connectivity index (χ2n) is 6.13. The molecule has 0 bridgehead atoms. The number of ether oxygens (including phenoxy) is 1. The SMILES string of the molecule is Cc1ccccc1NC(=O)/C(C#N)=C/c1ccccc1OCc1cccnc1. The van der Waals surface area contributed by atoms with Crippen molar-refractivity contribution in [3.63, 3.8) is 0 Å². The van der Waals surface area contributed by atoms with Crippen LogP contribution in [0.15, 0.2) is 78.6 Å². The molecule has 0 aliphatic heterocycles. The van der Waals surface area contributed by atoms with E-state index in [1.54, 1.807) is 30.6 Å². The molecular formula is C23H19N3O2. The summed E-state index contributed by atoms with van der Waals surface area (Å²) in [6, 6.07) is 20.4. The minimum atomic E-state index is -0.459. The number of anilines is 1. The van der Waals surface area contributed by atoms with E-state index in [9.17, 15) is 10.1 Å². The van der Waals surface area contributed by atoms with Gasteiger partial charge in [-0.25, -0.2) is 0 Å². The summed E-state index contributed by atoms with van der Waals surface area (Å²) >= 11 is 0. The first-order valence-electron chi connectivity index (χ1n) is 8.77. The van der Waals surface area contributed by atoms with Gasteiger partial charge in [0.2, 0.25) is 0 Å². The molecule has 1 aromatic heterocycles. The van der Waals surface area contributed by atoms with Crippen molar-refractivity contribution in [2.24, 2.45) is 0 Å². The molecule has 0 aliphatic carbocycles. The molecule has 0 atom stereocenters. The van der Waals surface area contributed by atoms with E-state index in [-0.39, 0.29) is 5.57 Å². The van der Waals surface area contributed by atoms with E-state index in [0.717, 1.165) is 11.1 Å². The molecule has 1 amide bonds. The van der Waals surface area contributed by atoms with Crippen molar-refractivity contribution in [3.05, 3.63) is 95.3 Å². The standard InChI is InChI=1S/C23H19N3O2/c1-17-7-2-4-10-21(17)26-23(27)20(14-24)13-19-9-3-5-11-22(19)28-16-18-8-6-12-25-15-18/h2-13,15H,16H2,1H3,(H,26,27)/b20-13+. The van der Waals surface area contributed by atoms with Crippen molar-refractivity contribution in [1.29, 1.82) is 5.26 Å². The predicted molar refractivity (Wildman–Crippen MR) is 108 cm³/mol. The highest BCUT2D eigenvalue weighted by Gasteiger charge is 2.12. The lowest BCUT2D eigenvalue weighted by Gasteiger charge is -2.10. The second kappa shape index (κ2) is 9.15. The molecule has 28 heavy (non-hydrogen) atoms. The van der Waals surface area contributed by atoms with Crippen LogP contribution in [-0.2, 0) is 11.4 Å². The third-order valence-electron chi connectivity index (χ3n) is 4.09. The zero-order valence-electron chi connectivity index (χ0n) is 15.4. The summed E-state index contributed by atoms with van der Waals surface area (Å²) in [5, 5.41) is 12.3. The number of nitriles is 1. The predicted octanol–water partition coefficient (Wildman–Crippen LogP) is 4.51. The van der Waals surface area contributed by atoms with Crippen LogP contribution in [0, 0.1) is 18.3 Å². The molecule has 3 aromatic rings. The van der Waals surface area contributed by atoms with Gasteiger partial charge in [0.15, 0.2) is 0 Å². The Morgan fingerprint density at radius 1 is 1.14 bits per heavy atom. The fraction of sp³-hybridized carbons (Fsp3) is 0.0870. The summed E-state index contributed by atoms with van der Waals surface area (Å²) < 4.78 is 5.86. The van der Waals surface area contributed by atoms with Gasteiger partial charge in [0.25, 0.3) is 5.91 Å². The Morgan fingerprint density at radius 2 is 1.93 bits per heavy atom. The molecular weight excluding hydrogens is 350 g/mol. The highest BCUT2D eigenvalue weighted by molar-refractivity contribution is 6.10. The van der Waals surface area contributed by atoms with Crippen LogP contribution in [0.5, 0.6) is 5.75 Å². The second-order valence-corrected chi connectivity index (χ2v) is 6.13. The van der Waals surface area contributed by atoms with Gasteiger partial charge in [0.05, 0.1) is 0 Å². The highest BCUT2D eigenvalue weighted by Crippen LogP contribution is 2.23. The Balaban J connectivity index is 1.79. The topological polar surface area (TPSA) is 75.0 Å². The number of para-hydroxylation sites is 2. The quantitative estimate of drug-likeness (QED) is 0.512. The van der Waals surface area contributed by atoms with Crippen molar-refractivity contribution < 1.29 is 9.53 Å². The Labute approximate surface area is 163 Å². The zero-order valence-corrected chi connectivity index (χ0v) is 15.4. The number of carbonyl (C=O) groups is 1. The lowest BCUT2D eigenvalue weighted by Crippen LogP contribution is -2.14. The van der Waals surface area contributed by atoms with Crippen molar-refractivity contribution in [2.45, 2.75) is 13.5 Å². The van der Waals surface area contributed by atoms with Crippen molar-refractivity contribution >= 4 is 17.7 Å². The van der Waals surface area contributed by atoms with Crippen LogP contribution in [0.2, 0.25) is 0 Å². The molecule has 0 saturated carbocycles. The molecule has 1 heterocycles. The molecule has 0 fully saturated rings. The number of benzene rings is 2. The Hall–Kier alpha value is -3.91. The summed E-state index contributed by atoms with van der Waals surface area (Å²) in [6.07, 6.45) is 4.97. The maximum atomic E-state index is 12.5. The normalized spacial score (nSPS) is 10.8. The van der Waals surface area contributed by atoms with Crippen molar-refractivity contribution in [3.8, 4) is 11.8 Å². The summed E-state index contributed by atoms with van der Waals surface area (Å²) in [6.45, 7) is 2.24. The van der Waals surface area contributed by atoms with E-state index in [1.807, 2.05) is 55.5 Å². The third kappa shape index (κ3) is 4.83. The Bertz CT molecular complexity index is 1040. The molecule has 3 rings (SSSR count). The molecule has 0 unspecified atom stereocenters. The van der Waals surface area contributed by atoms with Crippen molar-refractivity contribution in [2.75, 3.05) is 5.32 Å². The number of pyridine rings is 1. The van der Waals surface area contributed by atoms with Crippen LogP contribution in [0.1, 0.15) is 16.7 Å². The van der Waals surface area contributed by atoms with Gasteiger partial charge in [0.1, 0.15) is 24.0 Å². The van der Waals surface area contributed by atoms with Gasteiger partial charge in [-0.3, -0.25) is 9.78 Å². The van der Waals surface area contributed by atoms with Gasteiger partial charge in [-0.05, 0) is 36.8 Å². The maximum Gasteiger partial charge on any atom is 0.266 e. The summed E-state index contributed by atoms with van der Waals surface area (Å²) in [5.41, 5.74) is 3.19. The van der Waals surface area contributed by atoms with Crippen LogP contribution >= 0.6 is 0 Å². The smallest absolute Gasteiger partial charge is 0.266 e. The summed E-state index contributed by atoms with van der Waals surface area (Å²) in [7, 11) is 0. The first-order valence-corrected chi connectivity index (χ1v) is 8.77. The summed E-state index contributed by atoms with van der Waals surface area (Å²) in [4.78, 5) is 16.6. The van der Waals surface area contributed by atoms with Crippen LogP contribution in [0.4, 0.5) is 5.69 Å². The first-order chi connectivity index (χ1) is 13.7. The van der Waals surface area contributed by atoms with Crippen LogP contribution in [0.3, 0.4) is 0 Å². The fourth-order valence-electron chi connectivity index (χ4n) is 2.58. The van der Waals surface area contributed by atoms with Crippen LogP contribution in [-0.4, -0.2) is 10.9 Å². The number of nitrogens with one attached hydrogen (secondary N) is 1. The Morgan fingerprint density at radius 3 is 2.68 bits per heavy atom. The molecule has 0 saturated heterocycles. The highest BCUT2D eigenvalue weighted by atomic mass is 16.5. The largest absolute Gasteiger partial charge is 0.488 e. The molecule has 5 nitrogen and oxygen atoms in total.